The van der Waals surface area contributed by atoms with Gasteiger partial charge in [0.2, 0.25) is 5.88 Å². The molecule has 0 saturated carbocycles. The van der Waals surface area contributed by atoms with E-state index < -0.39 is 0 Å². The van der Waals surface area contributed by atoms with Crippen LogP contribution in [0.4, 0.5) is 0 Å². The highest BCUT2D eigenvalue weighted by molar-refractivity contribution is 7.80. The van der Waals surface area contributed by atoms with Crippen LogP contribution in [-0.2, 0) is 0 Å². The van der Waals surface area contributed by atoms with Crippen molar-refractivity contribution in [1.29, 1.82) is 0 Å². The second kappa shape index (κ2) is 5.14. The van der Waals surface area contributed by atoms with Crippen LogP contribution in [0.2, 0.25) is 0 Å². The third kappa shape index (κ3) is 2.65. The number of nitrogens with zero attached hydrogens (tertiary/aromatic N) is 1. The van der Waals surface area contributed by atoms with Crippen LogP contribution >= 0.6 is 12.2 Å². The molecule has 0 saturated heterocycles. The van der Waals surface area contributed by atoms with Crippen LogP contribution in [0, 0.1) is 13.8 Å². The first-order chi connectivity index (χ1) is 8.58. The van der Waals surface area contributed by atoms with E-state index in [0.29, 0.717) is 11.4 Å². The van der Waals surface area contributed by atoms with Crippen molar-refractivity contribution in [1.82, 2.24) is 4.98 Å². The Morgan fingerprint density at radius 3 is 2.67 bits per heavy atom. The number of nitrogens with two attached hydrogens (primary N) is 1. The number of hydrogen-bond acceptors (Lipinski definition) is 3. The molecule has 1 heterocycles. The molecule has 0 radical (unpaired) electrons. The lowest BCUT2D eigenvalue weighted by Crippen LogP contribution is -2.11. The van der Waals surface area contributed by atoms with Crippen LogP contribution in [0.3, 0.4) is 0 Å². The van der Waals surface area contributed by atoms with Gasteiger partial charge in [0.15, 0.2) is 0 Å². The van der Waals surface area contributed by atoms with E-state index in [0.717, 1.165) is 5.75 Å². The SMILES string of the molecule is Cc1ccc(Oc2ncccc2C(N)=S)cc1C. The van der Waals surface area contributed by atoms with Crippen molar-refractivity contribution in [2.75, 3.05) is 0 Å². The topological polar surface area (TPSA) is 48.1 Å². The maximum atomic E-state index is 5.73. The zero-order valence-electron chi connectivity index (χ0n) is 10.3. The number of aryl methyl sites for hydroxylation is 2. The van der Waals surface area contributed by atoms with Crippen molar-refractivity contribution >= 4 is 17.2 Å². The molecule has 3 nitrogen and oxygen atoms in total. The number of benzene rings is 1. The third-order valence-corrected chi connectivity index (χ3v) is 2.95. The molecule has 0 atom stereocenters. The molecule has 1 aromatic heterocycles. The quantitative estimate of drug-likeness (QED) is 0.859. The molecule has 0 fully saturated rings. The average molecular weight is 258 g/mol. The zero-order valence-corrected chi connectivity index (χ0v) is 11.1. The molecule has 0 unspecified atom stereocenters. The minimum absolute atomic E-state index is 0.280. The summed E-state index contributed by atoms with van der Waals surface area (Å²) in [6.45, 7) is 4.09. The molecule has 0 amide bonds. The molecular formula is C14H14N2OS. The second-order valence-corrected chi connectivity index (χ2v) is 4.51. The summed E-state index contributed by atoms with van der Waals surface area (Å²) in [7, 11) is 0. The smallest absolute Gasteiger partial charge is 0.229 e. The fourth-order valence-corrected chi connectivity index (χ4v) is 1.70. The van der Waals surface area contributed by atoms with Crippen molar-refractivity contribution in [3.05, 3.63) is 53.2 Å². The van der Waals surface area contributed by atoms with E-state index >= 15 is 0 Å². The fourth-order valence-electron chi connectivity index (χ4n) is 1.55. The van der Waals surface area contributed by atoms with Crippen molar-refractivity contribution in [2.24, 2.45) is 5.73 Å². The number of aromatic nitrogens is 1. The summed E-state index contributed by atoms with van der Waals surface area (Å²) in [5.74, 6) is 1.17. The zero-order chi connectivity index (χ0) is 13.1. The predicted molar refractivity (Wildman–Crippen MR) is 76.1 cm³/mol. The summed E-state index contributed by atoms with van der Waals surface area (Å²) < 4.78 is 5.73. The lowest BCUT2D eigenvalue weighted by molar-refractivity contribution is 0.461. The van der Waals surface area contributed by atoms with Gasteiger partial charge in [-0.05, 0) is 49.2 Å². The molecule has 2 rings (SSSR count). The summed E-state index contributed by atoms with van der Waals surface area (Å²) in [6.07, 6.45) is 1.65. The van der Waals surface area contributed by atoms with Gasteiger partial charge < -0.3 is 10.5 Å². The van der Waals surface area contributed by atoms with Crippen LogP contribution in [0.25, 0.3) is 0 Å². The molecular weight excluding hydrogens is 244 g/mol. The highest BCUT2D eigenvalue weighted by Gasteiger charge is 2.08. The van der Waals surface area contributed by atoms with Crippen molar-refractivity contribution < 1.29 is 4.74 Å². The first-order valence-corrected chi connectivity index (χ1v) is 5.98. The third-order valence-electron chi connectivity index (χ3n) is 2.73. The molecule has 2 N–H and O–H groups in total. The molecule has 4 heteroatoms. The van der Waals surface area contributed by atoms with Gasteiger partial charge in [-0.2, -0.15) is 0 Å². The lowest BCUT2D eigenvalue weighted by atomic mass is 10.1. The Morgan fingerprint density at radius 2 is 2.00 bits per heavy atom. The first-order valence-electron chi connectivity index (χ1n) is 5.58. The highest BCUT2D eigenvalue weighted by atomic mass is 32.1. The average Bonchev–Trinajstić information content (AvgIpc) is 2.34. The van der Waals surface area contributed by atoms with Crippen LogP contribution in [0.5, 0.6) is 11.6 Å². The molecule has 1 aromatic carbocycles. The molecule has 0 aliphatic carbocycles. The predicted octanol–water partition coefficient (Wildman–Crippen LogP) is 3.12. The highest BCUT2D eigenvalue weighted by Crippen LogP contribution is 2.24. The maximum Gasteiger partial charge on any atom is 0.229 e. The van der Waals surface area contributed by atoms with E-state index in [1.54, 1.807) is 18.3 Å². The van der Waals surface area contributed by atoms with Gasteiger partial charge >= 0.3 is 0 Å². The van der Waals surface area contributed by atoms with Gasteiger partial charge in [0.1, 0.15) is 10.7 Å². The summed E-state index contributed by atoms with van der Waals surface area (Å²) in [4.78, 5) is 4.44. The molecule has 0 aliphatic heterocycles. The fraction of sp³-hybridized carbons (Fsp3) is 0.143. The summed E-state index contributed by atoms with van der Waals surface area (Å²) in [5, 5.41) is 0. The monoisotopic (exact) mass is 258 g/mol. The van der Waals surface area contributed by atoms with Crippen molar-refractivity contribution in [3.63, 3.8) is 0 Å². The Bertz CT molecular complexity index is 596. The van der Waals surface area contributed by atoms with Crippen LogP contribution in [-0.4, -0.2) is 9.97 Å². The summed E-state index contributed by atoms with van der Waals surface area (Å²) >= 11 is 4.97. The van der Waals surface area contributed by atoms with Gasteiger partial charge in [0.25, 0.3) is 0 Å². The van der Waals surface area contributed by atoms with Gasteiger partial charge in [-0.15, -0.1) is 0 Å². The van der Waals surface area contributed by atoms with E-state index in [2.05, 4.69) is 11.9 Å². The molecule has 92 valence electrons. The first kappa shape index (κ1) is 12.5. The number of rotatable bonds is 3. The van der Waals surface area contributed by atoms with E-state index in [9.17, 15) is 0 Å². The van der Waals surface area contributed by atoms with Gasteiger partial charge in [-0.1, -0.05) is 18.3 Å². The molecule has 2 aromatic rings. The number of pyridine rings is 1. The number of hydrogen-bond donors (Lipinski definition) is 1. The number of thiocarbonyl (C=S) groups is 1. The van der Waals surface area contributed by atoms with E-state index in [-0.39, 0.29) is 4.99 Å². The molecule has 0 spiro atoms. The Balaban J connectivity index is 2.34. The molecule has 0 aliphatic rings. The minimum atomic E-state index is 0.280. The second-order valence-electron chi connectivity index (χ2n) is 4.07. The Morgan fingerprint density at radius 1 is 1.22 bits per heavy atom. The van der Waals surface area contributed by atoms with Crippen LogP contribution in [0.15, 0.2) is 36.5 Å². The van der Waals surface area contributed by atoms with E-state index in [1.807, 2.05) is 25.1 Å². The van der Waals surface area contributed by atoms with Crippen LogP contribution < -0.4 is 10.5 Å². The molecule has 18 heavy (non-hydrogen) atoms. The van der Waals surface area contributed by atoms with Gasteiger partial charge in [0, 0.05) is 6.20 Å². The Labute approximate surface area is 112 Å². The lowest BCUT2D eigenvalue weighted by Gasteiger charge is -2.10. The van der Waals surface area contributed by atoms with Gasteiger partial charge in [0.05, 0.1) is 5.56 Å². The van der Waals surface area contributed by atoms with Crippen molar-refractivity contribution in [3.8, 4) is 11.6 Å². The Hall–Kier alpha value is -1.94. The summed E-state index contributed by atoms with van der Waals surface area (Å²) in [6, 6.07) is 9.45. The van der Waals surface area contributed by atoms with Crippen LogP contribution in [0.1, 0.15) is 16.7 Å². The van der Waals surface area contributed by atoms with Gasteiger partial charge in [-0.25, -0.2) is 4.98 Å². The standard InChI is InChI=1S/C14H14N2OS/c1-9-5-6-11(8-10(9)2)17-14-12(13(15)18)4-3-7-16-14/h3-8H,1-2H3,(H2,15,18). The van der Waals surface area contributed by atoms with Crippen molar-refractivity contribution in [2.45, 2.75) is 13.8 Å². The maximum absolute atomic E-state index is 5.73. The normalized spacial score (nSPS) is 10.1. The van der Waals surface area contributed by atoms with Gasteiger partial charge in [-0.3, -0.25) is 0 Å². The number of ether oxygens (including phenoxy) is 1. The Kier molecular flexibility index (Phi) is 3.58. The van der Waals surface area contributed by atoms with E-state index in [4.69, 9.17) is 22.7 Å². The largest absolute Gasteiger partial charge is 0.438 e. The summed E-state index contributed by atoms with van der Waals surface area (Å²) in [5.41, 5.74) is 8.67. The van der Waals surface area contributed by atoms with E-state index in [1.165, 1.54) is 11.1 Å². The minimum Gasteiger partial charge on any atom is -0.438 e. The molecule has 0 bridgehead atoms.